The van der Waals surface area contributed by atoms with Crippen molar-refractivity contribution >= 4 is 11.8 Å². The minimum Gasteiger partial charge on any atom is -0.485 e. The predicted molar refractivity (Wildman–Crippen MR) is 104 cm³/mol. The van der Waals surface area contributed by atoms with Gasteiger partial charge in [-0.2, -0.15) is 0 Å². The molecular weight excluding hydrogens is 394 g/mol. The maximum atomic E-state index is 14.4. The first kappa shape index (κ1) is 19.4. The molecule has 0 aliphatic carbocycles. The topological polar surface area (TPSA) is 76.7 Å². The number of ether oxygens (including phenoxy) is 2. The smallest absolute Gasteiger partial charge is 0.283 e. The second-order valence-electron chi connectivity index (χ2n) is 6.51. The fourth-order valence-corrected chi connectivity index (χ4v) is 2.94. The first-order chi connectivity index (χ1) is 14.5. The number of carbonyl (C=O) groups is 2. The van der Waals surface area contributed by atoms with Gasteiger partial charge >= 0.3 is 0 Å². The number of fused-ring (bicyclic) bond motifs is 1. The van der Waals surface area contributed by atoms with Crippen LogP contribution in [-0.2, 0) is 4.79 Å². The lowest BCUT2D eigenvalue weighted by Gasteiger charge is -2.25. The Kier molecular flexibility index (Phi) is 5.30. The van der Waals surface area contributed by atoms with Crippen LogP contribution in [0.25, 0.3) is 11.1 Å². The van der Waals surface area contributed by atoms with Crippen molar-refractivity contribution in [2.45, 2.75) is 6.10 Å². The summed E-state index contributed by atoms with van der Waals surface area (Å²) in [4.78, 5) is 24.5. The van der Waals surface area contributed by atoms with Crippen LogP contribution in [0.2, 0.25) is 0 Å². The van der Waals surface area contributed by atoms with Gasteiger partial charge in [0.05, 0.1) is 5.56 Å². The molecule has 3 aromatic carbocycles. The fraction of sp³-hybridized carbons (Fsp3) is 0.0909. The van der Waals surface area contributed by atoms with Gasteiger partial charge in [0.2, 0.25) is 6.10 Å². The van der Waals surface area contributed by atoms with Gasteiger partial charge in [-0.3, -0.25) is 20.4 Å². The van der Waals surface area contributed by atoms with Crippen LogP contribution in [0.3, 0.4) is 0 Å². The van der Waals surface area contributed by atoms with Crippen LogP contribution in [-0.4, -0.2) is 24.5 Å². The molecule has 152 valence electrons. The summed E-state index contributed by atoms with van der Waals surface area (Å²) in [5, 5.41) is 0. The number of benzene rings is 3. The number of hydrogen-bond acceptors (Lipinski definition) is 4. The summed E-state index contributed by atoms with van der Waals surface area (Å²) in [5.41, 5.74) is 5.20. The van der Waals surface area contributed by atoms with Crippen molar-refractivity contribution in [3.8, 4) is 22.6 Å². The first-order valence-electron chi connectivity index (χ1n) is 9.05. The summed E-state index contributed by atoms with van der Waals surface area (Å²) in [6, 6.07) is 16.4. The number of rotatable bonds is 3. The average Bonchev–Trinajstić information content (AvgIpc) is 2.77. The van der Waals surface area contributed by atoms with E-state index in [9.17, 15) is 18.4 Å². The van der Waals surface area contributed by atoms with Crippen molar-refractivity contribution in [1.82, 2.24) is 10.9 Å². The van der Waals surface area contributed by atoms with Gasteiger partial charge in [-0.25, -0.2) is 8.78 Å². The van der Waals surface area contributed by atoms with Crippen LogP contribution < -0.4 is 20.3 Å². The van der Waals surface area contributed by atoms with Crippen molar-refractivity contribution in [2.75, 3.05) is 6.61 Å². The lowest BCUT2D eigenvalue weighted by atomic mass is 10.0. The fourth-order valence-electron chi connectivity index (χ4n) is 2.94. The summed E-state index contributed by atoms with van der Waals surface area (Å²) in [7, 11) is 0. The van der Waals surface area contributed by atoms with Gasteiger partial charge in [0.25, 0.3) is 11.8 Å². The third-order valence-corrected chi connectivity index (χ3v) is 4.49. The third-order valence-electron chi connectivity index (χ3n) is 4.49. The number of carbonyl (C=O) groups excluding carboxylic acids is 2. The lowest BCUT2D eigenvalue weighted by molar-refractivity contribution is -0.131. The molecule has 4 rings (SSSR count). The molecule has 6 nitrogen and oxygen atoms in total. The zero-order chi connectivity index (χ0) is 21.1. The van der Waals surface area contributed by atoms with Crippen LogP contribution in [0.15, 0.2) is 66.7 Å². The van der Waals surface area contributed by atoms with E-state index in [1.165, 1.54) is 42.5 Å². The molecule has 2 amide bonds. The SMILES string of the molecule is O=C(NNC(=O)C1COc2ccccc2O1)c1ccc(-c2ccc(F)cc2)cc1F. The maximum Gasteiger partial charge on any atom is 0.283 e. The molecule has 0 radical (unpaired) electrons. The van der Waals surface area contributed by atoms with Crippen molar-refractivity contribution in [3.63, 3.8) is 0 Å². The number of halogens is 2. The van der Waals surface area contributed by atoms with Crippen molar-refractivity contribution < 1.29 is 27.8 Å². The summed E-state index contributed by atoms with van der Waals surface area (Å²) in [6.07, 6.45) is -0.967. The van der Waals surface area contributed by atoms with Gasteiger partial charge in [-0.15, -0.1) is 0 Å². The highest BCUT2D eigenvalue weighted by atomic mass is 19.1. The van der Waals surface area contributed by atoms with Crippen LogP contribution in [0, 0.1) is 11.6 Å². The molecule has 0 fully saturated rings. The number of para-hydroxylation sites is 2. The monoisotopic (exact) mass is 410 g/mol. The number of hydrazine groups is 1. The third kappa shape index (κ3) is 4.07. The van der Waals surface area contributed by atoms with E-state index in [1.54, 1.807) is 24.3 Å². The van der Waals surface area contributed by atoms with Gasteiger partial charge in [-0.1, -0.05) is 30.3 Å². The Morgan fingerprint density at radius 3 is 2.30 bits per heavy atom. The van der Waals surface area contributed by atoms with Crippen molar-refractivity contribution in [3.05, 3.63) is 83.9 Å². The molecule has 1 atom stereocenters. The molecule has 1 aliphatic heterocycles. The normalized spacial score (nSPS) is 14.7. The highest BCUT2D eigenvalue weighted by molar-refractivity contribution is 5.96. The molecule has 1 aliphatic rings. The predicted octanol–water partition coefficient (Wildman–Crippen LogP) is 3.23. The van der Waals surface area contributed by atoms with Gasteiger partial charge in [0.1, 0.15) is 18.2 Å². The Morgan fingerprint density at radius 1 is 0.867 bits per heavy atom. The first-order valence-corrected chi connectivity index (χ1v) is 9.05. The highest BCUT2D eigenvalue weighted by Crippen LogP contribution is 2.30. The number of amides is 2. The second kappa shape index (κ2) is 8.20. The maximum absolute atomic E-state index is 14.4. The Hall–Kier alpha value is -3.94. The summed E-state index contributed by atoms with van der Waals surface area (Å²) in [6.45, 7) is -0.0283. The zero-order valence-electron chi connectivity index (χ0n) is 15.5. The van der Waals surface area contributed by atoms with Crippen LogP contribution in [0.4, 0.5) is 8.78 Å². The van der Waals surface area contributed by atoms with E-state index >= 15 is 0 Å². The van der Waals surface area contributed by atoms with Crippen LogP contribution in [0.1, 0.15) is 10.4 Å². The zero-order valence-corrected chi connectivity index (χ0v) is 15.5. The summed E-state index contributed by atoms with van der Waals surface area (Å²) >= 11 is 0. The molecular formula is C22H16F2N2O4. The lowest BCUT2D eigenvalue weighted by Crippen LogP contribution is -2.51. The van der Waals surface area contributed by atoms with Crippen LogP contribution >= 0.6 is 0 Å². The molecule has 0 aromatic heterocycles. The number of hydrogen-bond donors (Lipinski definition) is 2. The van der Waals surface area contributed by atoms with E-state index in [0.717, 1.165) is 0 Å². The largest absolute Gasteiger partial charge is 0.485 e. The summed E-state index contributed by atoms with van der Waals surface area (Å²) < 4.78 is 38.4. The molecule has 8 heteroatoms. The number of nitrogens with one attached hydrogen (secondary N) is 2. The molecule has 3 aromatic rings. The molecule has 0 saturated carbocycles. The Morgan fingerprint density at radius 2 is 1.57 bits per heavy atom. The molecule has 1 heterocycles. The van der Waals surface area contributed by atoms with E-state index in [-0.39, 0.29) is 12.2 Å². The summed E-state index contributed by atoms with van der Waals surface area (Å²) in [5.74, 6) is -1.71. The Bertz CT molecular complexity index is 1100. The van der Waals surface area contributed by atoms with Gasteiger partial charge in [-0.05, 0) is 47.5 Å². The van der Waals surface area contributed by atoms with E-state index in [4.69, 9.17) is 9.47 Å². The molecule has 30 heavy (non-hydrogen) atoms. The highest BCUT2D eigenvalue weighted by Gasteiger charge is 2.27. The molecule has 0 saturated heterocycles. The van der Waals surface area contributed by atoms with E-state index in [0.29, 0.717) is 22.6 Å². The average molecular weight is 410 g/mol. The molecule has 0 bridgehead atoms. The van der Waals surface area contributed by atoms with E-state index in [2.05, 4.69) is 10.9 Å². The van der Waals surface area contributed by atoms with Gasteiger partial charge in [0.15, 0.2) is 11.5 Å². The van der Waals surface area contributed by atoms with Gasteiger partial charge < -0.3 is 9.47 Å². The second-order valence-corrected chi connectivity index (χ2v) is 6.51. The van der Waals surface area contributed by atoms with Crippen molar-refractivity contribution in [1.29, 1.82) is 0 Å². The Balaban J connectivity index is 1.38. The molecule has 0 spiro atoms. The molecule has 1 unspecified atom stereocenters. The Labute approximate surface area is 170 Å². The van der Waals surface area contributed by atoms with Gasteiger partial charge in [0, 0.05) is 0 Å². The molecule has 2 N–H and O–H groups in total. The standard InChI is InChI=1S/C22H16F2N2O4/c23-15-8-5-13(6-9-15)14-7-10-16(17(24)11-14)21(27)25-26-22(28)20-12-29-18-3-1-2-4-19(18)30-20/h1-11,20H,12H2,(H,25,27)(H,26,28). The van der Waals surface area contributed by atoms with Crippen LogP contribution in [0.5, 0.6) is 11.5 Å². The minimum absolute atomic E-state index is 0.0283. The minimum atomic E-state index is -0.967. The van der Waals surface area contributed by atoms with E-state index < -0.39 is 29.6 Å². The van der Waals surface area contributed by atoms with Crippen molar-refractivity contribution in [2.24, 2.45) is 0 Å². The quantitative estimate of drug-likeness (QED) is 0.650. The van der Waals surface area contributed by atoms with E-state index in [1.807, 2.05) is 0 Å².